The minimum Gasteiger partial charge on any atom is -0.295 e. The molecule has 4 heterocycles. The highest BCUT2D eigenvalue weighted by molar-refractivity contribution is 6.05. The van der Waals surface area contributed by atoms with Crippen LogP contribution in [0.4, 0.5) is 34.4 Å². The van der Waals surface area contributed by atoms with E-state index in [4.69, 9.17) is 19.9 Å². The Morgan fingerprint density at radius 3 is 1.07 bits per heavy atom. The molecule has 61 heavy (non-hydrogen) atoms. The van der Waals surface area contributed by atoms with Gasteiger partial charge in [0.05, 0.1) is 33.5 Å². The van der Waals surface area contributed by atoms with Crippen molar-refractivity contribution in [3.8, 4) is 22.5 Å². The molecular weight excluding hydrogens is 745 g/mol. The summed E-state index contributed by atoms with van der Waals surface area (Å²) < 4.78 is 0. The van der Waals surface area contributed by atoms with Gasteiger partial charge >= 0.3 is 0 Å². The van der Waals surface area contributed by atoms with Gasteiger partial charge in [0.25, 0.3) is 0 Å². The van der Waals surface area contributed by atoms with Crippen LogP contribution in [-0.4, -0.2) is 19.9 Å². The maximum Gasteiger partial charge on any atom is 0.138 e. The number of nitrogens with zero attached hydrogens (tertiary/aromatic N) is 6. The number of para-hydroxylation sites is 4. The van der Waals surface area contributed by atoms with Gasteiger partial charge in [-0.3, -0.25) is 9.80 Å². The first-order valence-corrected chi connectivity index (χ1v) is 20.5. The van der Waals surface area contributed by atoms with Gasteiger partial charge in [-0.15, -0.1) is 0 Å². The Hall–Kier alpha value is -8.22. The number of aryl methyl sites for hydroxylation is 1. The second-order valence-corrected chi connectivity index (χ2v) is 15.2. The summed E-state index contributed by atoms with van der Waals surface area (Å²) in [6.45, 7) is 2.15. The van der Waals surface area contributed by atoms with Crippen molar-refractivity contribution < 1.29 is 0 Å². The Morgan fingerprint density at radius 2 is 0.656 bits per heavy atom. The standard InChI is InChI=1S/C55H38N6/c1-37-36-42(48-32-27-38-22-24-40-29-34-50(58-54(40)52(38)56-48)60(43-14-6-2-7-15-43)44-16-8-3-9-17-44)26-31-47(37)49-33-28-39-23-25-41-30-35-51(59-55(41)53(39)57-49)61(45-18-10-4-11-19-45)46-20-12-5-13-21-46/h2-36H,1H3. The molecule has 0 bridgehead atoms. The van der Waals surface area contributed by atoms with Crippen molar-refractivity contribution in [3.63, 3.8) is 0 Å². The molecule has 288 valence electrons. The fraction of sp³-hybridized carbons (Fsp3) is 0.0182. The molecule has 0 unspecified atom stereocenters. The van der Waals surface area contributed by atoms with Crippen molar-refractivity contribution in [2.24, 2.45) is 0 Å². The van der Waals surface area contributed by atoms with E-state index in [-0.39, 0.29) is 0 Å². The molecule has 0 saturated heterocycles. The molecule has 6 heteroatoms. The molecule has 0 aliphatic heterocycles. The molecule has 11 rings (SSSR count). The molecule has 0 aliphatic rings. The molecule has 0 aliphatic carbocycles. The first-order chi connectivity index (χ1) is 30.1. The van der Waals surface area contributed by atoms with Crippen LogP contribution in [0.1, 0.15) is 5.56 Å². The lowest BCUT2D eigenvalue weighted by atomic mass is 9.99. The number of fused-ring (bicyclic) bond motifs is 6. The summed E-state index contributed by atoms with van der Waals surface area (Å²) in [5, 5.41) is 4.16. The summed E-state index contributed by atoms with van der Waals surface area (Å²) in [5.41, 5.74) is 12.6. The molecule has 0 amide bonds. The normalized spacial score (nSPS) is 11.4. The maximum atomic E-state index is 5.32. The summed E-state index contributed by atoms with van der Waals surface area (Å²) >= 11 is 0. The minimum absolute atomic E-state index is 0.830. The van der Waals surface area contributed by atoms with E-state index < -0.39 is 0 Å². The highest BCUT2D eigenvalue weighted by Crippen LogP contribution is 2.38. The van der Waals surface area contributed by atoms with E-state index in [9.17, 15) is 0 Å². The summed E-state index contributed by atoms with van der Waals surface area (Å²) in [6.07, 6.45) is 0. The van der Waals surface area contributed by atoms with Crippen LogP contribution in [0.15, 0.2) is 212 Å². The van der Waals surface area contributed by atoms with Crippen LogP contribution in [0.25, 0.3) is 66.1 Å². The average molecular weight is 783 g/mol. The van der Waals surface area contributed by atoms with Crippen LogP contribution in [0, 0.1) is 6.92 Å². The lowest BCUT2D eigenvalue weighted by Gasteiger charge is -2.24. The first-order valence-electron chi connectivity index (χ1n) is 20.5. The van der Waals surface area contributed by atoms with E-state index in [2.05, 4.69) is 205 Å². The van der Waals surface area contributed by atoms with Gasteiger partial charge in [-0.2, -0.15) is 0 Å². The van der Waals surface area contributed by atoms with E-state index in [1.54, 1.807) is 0 Å². The van der Waals surface area contributed by atoms with E-state index in [1.807, 2.05) is 24.3 Å². The predicted octanol–water partition coefficient (Wildman–Crippen LogP) is 14.5. The smallest absolute Gasteiger partial charge is 0.138 e. The van der Waals surface area contributed by atoms with Gasteiger partial charge in [-0.05, 0) is 103 Å². The summed E-state index contributed by atoms with van der Waals surface area (Å²) in [5.74, 6) is 1.66. The average Bonchev–Trinajstić information content (AvgIpc) is 3.32. The first kappa shape index (κ1) is 35.9. The third-order valence-electron chi connectivity index (χ3n) is 11.3. The molecule has 0 spiro atoms. The number of aromatic nitrogens is 4. The van der Waals surface area contributed by atoms with Crippen LogP contribution in [0.2, 0.25) is 0 Å². The van der Waals surface area contributed by atoms with Crippen molar-refractivity contribution in [3.05, 3.63) is 218 Å². The summed E-state index contributed by atoms with van der Waals surface area (Å²) in [4.78, 5) is 25.6. The van der Waals surface area contributed by atoms with E-state index in [0.717, 1.165) is 106 Å². The number of rotatable bonds is 8. The van der Waals surface area contributed by atoms with Gasteiger partial charge in [-0.25, -0.2) is 19.9 Å². The zero-order valence-corrected chi connectivity index (χ0v) is 33.4. The number of hydrogen-bond donors (Lipinski definition) is 0. The number of hydrogen-bond acceptors (Lipinski definition) is 6. The molecule has 4 aromatic heterocycles. The fourth-order valence-corrected chi connectivity index (χ4v) is 8.32. The number of benzene rings is 7. The third-order valence-corrected chi connectivity index (χ3v) is 11.3. The Balaban J connectivity index is 0.973. The van der Waals surface area contributed by atoms with Crippen LogP contribution in [0.5, 0.6) is 0 Å². The largest absolute Gasteiger partial charge is 0.295 e. The second kappa shape index (κ2) is 15.2. The minimum atomic E-state index is 0.830. The second-order valence-electron chi connectivity index (χ2n) is 15.2. The predicted molar refractivity (Wildman–Crippen MR) is 253 cm³/mol. The van der Waals surface area contributed by atoms with Crippen molar-refractivity contribution >= 4 is 78.0 Å². The maximum absolute atomic E-state index is 5.32. The van der Waals surface area contributed by atoms with Crippen molar-refractivity contribution in [1.29, 1.82) is 0 Å². The summed E-state index contributed by atoms with van der Waals surface area (Å²) in [7, 11) is 0. The number of anilines is 6. The van der Waals surface area contributed by atoms with E-state index in [1.165, 1.54) is 0 Å². The van der Waals surface area contributed by atoms with E-state index in [0.29, 0.717) is 0 Å². The van der Waals surface area contributed by atoms with Gasteiger partial charge in [0.15, 0.2) is 0 Å². The lowest BCUT2D eigenvalue weighted by molar-refractivity contribution is 1.21. The van der Waals surface area contributed by atoms with Gasteiger partial charge in [0.2, 0.25) is 0 Å². The monoisotopic (exact) mass is 782 g/mol. The summed E-state index contributed by atoms with van der Waals surface area (Å²) in [6, 6.07) is 73.5. The Labute approximate surface area is 353 Å². The zero-order valence-electron chi connectivity index (χ0n) is 33.4. The molecule has 6 nitrogen and oxygen atoms in total. The Morgan fingerprint density at radius 1 is 0.311 bits per heavy atom. The van der Waals surface area contributed by atoms with Crippen molar-refractivity contribution in [2.75, 3.05) is 9.80 Å². The highest BCUT2D eigenvalue weighted by Gasteiger charge is 2.18. The fourth-order valence-electron chi connectivity index (χ4n) is 8.32. The van der Waals surface area contributed by atoms with Crippen LogP contribution < -0.4 is 9.80 Å². The van der Waals surface area contributed by atoms with Gasteiger partial charge in [0.1, 0.15) is 11.6 Å². The third kappa shape index (κ3) is 6.66. The van der Waals surface area contributed by atoms with Crippen molar-refractivity contribution in [1.82, 2.24) is 19.9 Å². The van der Waals surface area contributed by atoms with Gasteiger partial charge in [0, 0.05) is 55.4 Å². The van der Waals surface area contributed by atoms with Gasteiger partial charge in [-0.1, -0.05) is 121 Å². The Bertz CT molecular complexity index is 3300. The highest BCUT2D eigenvalue weighted by atomic mass is 15.2. The van der Waals surface area contributed by atoms with Crippen LogP contribution in [-0.2, 0) is 0 Å². The van der Waals surface area contributed by atoms with Gasteiger partial charge < -0.3 is 0 Å². The molecule has 0 saturated carbocycles. The topological polar surface area (TPSA) is 58.0 Å². The molecule has 0 atom stereocenters. The lowest BCUT2D eigenvalue weighted by Crippen LogP contribution is -2.11. The number of pyridine rings is 4. The molecule has 11 aromatic rings. The van der Waals surface area contributed by atoms with E-state index >= 15 is 0 Å². The van der Waals surface area contributed by atoms with Crippen molar-refractivity contribution in [2.45, 2.75) is 6.92 Å². The molecule has 0 radical (unpaired) electrons. The molecular formula is C55H38N6. The van der Waals surface area contributed by atoms with Crippen LogP contribution >= 0.6 is 0 Å². The SMILES string of the molecule is Cc1cc(-c2ccc3ccc4ccc(N(c5ccccc5)c5ccccc5)nc4c3n2)ccc1-c1ccc2ccc3ccc(N(c4ccccc4)c4ccccc4)nc3c2n1. The Kier molecular flexibility index (Phi) is 8.94. The van der Waals surface area contributed by atoms with Crippen LogP contribution in [0.3, 0.4) is 0 Å². The molecule has 7 aromatic carbocycles. The molecule has 0 N–H and O–H groups in total. The quantitative estimate of drug-likeness (QED) is 0.143. The zero-order chi connectivity index (χ0) is 40.7. The molecule has 0 fully saturated rings.